The van der Waals surface area contributed by atoms with Crippen molar-refractivity contribution in [3.8, 4) is 0 Å². The molecule has 0 unspecified atom stereocenters. The second-order valence-electron chi connectivity index (χ2n) is 6.80. The molecule has 0 amide bonds. The van der Waals surface area contributed by atoms with Crippen LogP contribution in [0.15, 0.2) is 0 Å². The SMILES string of the molecule is C[C@]1(NC(=S)SSC(=S)N[C@@]2(C)CCS(=O)(=O)C2)CCS(=O)(=O)C1. The van der Waals surface area contributed by atoms with Crippen LogP contribution in [0.5, 0.6) is 0 Å². The molecule has 6 nitrogen and oxygen atoms in total. The van der Waals surface area contributed by atoms with Crippen LogP contribution in [0.2, 0.25) is 0 Å². The van der Waals surface area contributed by atoms with Crippen molar-refractivity contribution in [2.24, 2.45) is 0 Å². The Balaban J connectivity index is 1.79. The fourth-order valence-electron chi connectivity index (χ4n) is 2.83. The fourth-order valence-corrected chi connectivity index (χ4v) is 9.55. The van der Waals surface area contributed by atoms with Crippen LogP contribution in [-0.4, -0.2) is 59.6 Å². The van der Waals surface area contributed by atoms with Gasteiger partial charge in [-0.15, -0.1) is 0 Å². The summed E-state index contributed by atoms with van der Waals surface area (Å²) in [5.74, 6) is 0.488. The maximum atomic E-state index is 11.6. The Labute approximate surface area is 161 Å². The molecule has 0 radical (unpaired) electrons. The molecule has 12 heteroatoms. The van der Waals surface area contributed by atoms with Crippen LogP contribution in [0.25, 0.3) is 0 Å². The summed E-state index contributed by atoms with van der Waals surface area (Å²) in [6, 6.07) is 0. The molecule has 2 rings (SSSR count). The van der Waals surface area contributed by atoms with Crippen LogP contribution in [0.1, 0.15) is 26.7 Å². The Morgan fingerprint density at radius 2 is 1.17 bits per heavy atom. The highest BCUT2D eigenvalue weighted by molar-refractivity contribution is 8.89. The molecule has 0 aromatic heterocycles. The number of rotatable bonds is 2. The fraction of sp³-hybridized carbons (Fsp3) is 0.833. The normalized spacial score (nSPS) is 33.9. The van der Waals surface area contributed by atoms with Gasteiger partial charge in [0.2, 0.25) is 0 Å². The molecular formula is C12H20N2O4S6. The quantitative estimate of drug-likeness (QED) is 0.475. The van der Waals surface area contributed by atoms with Gasteiger partial charge in [0.1, 0.15) is 8.64 Å². The van der Waals surface area contributed by atoms with Gasteiger partial charge in [0, 0.05) is 0 Å². The van der Waals surface area contributed by atoms with Crippen LogP contribution in [-0.2, 0) is 19.7 Å². The molecule has 24 heavy (non-hydrogen) atoms. The highest BCUT2D eigenvalue weighted by atomic mass is 33.1. The largest absolute Gasteiger partial charge is 0.364 e. The molecular weight excluding hydrogens is 429 g/mol. The van der Waals surface area contributed by atoms with Crippen LogP contribution in [0.4, 0.5) is 0 Å². The van der Waals surface area contributed by atoms with Crippen LogP contribution in [0, 0.1) is 0 Å². The molecule has 0 aromatic rings. The van der Waals surface area contributed by atoms with Gasteiger partial charge < -0.3 is 10.6 Å². The van der Waals surface area contributed by atoms with E-state index in [2.05, 4.69) is 10.6 Å². The predicted molar refractivity (Wildman–Crippen MR) is 110 cm³/mol. The first-order valence-electron chi connectivity index (χ1n) is 7.22. The van der Waals surface area contributed by atoms with Crippen LogP contribution in [0.3, 0.4) is 0 Å². The van der Waals surface area contributed by atoms with E-state index in [1.807, 2.05) is 13.8 Å². The minimum Gasteiger partial charge on any atom is -0.364 e. The van der Waals surface area contributed by atoms with E-state index >= 15 is 0 Å². The van der Waals surface area contributed by atoms with E-state index in [4.69, 9.17) is 24.4 Å². The van der Waals surface area contributed by atoms with Gasteiger partial charge in [0.05, 0.1) is 34.1 Å². The first kappa shape index (κ1) is 20.7. The monoisotopic (exact) mass is 448 g/mol. The van der Waals surface area contributed by atoms with Crippen LogP contribution >= 0.6 is 46.0 Å². The van der Waals surface area contributed by atoms with Gasteiger partial charge in [0.25, 0.3) is 0 Å². The predicted octanol–water partition coefficient (Wildman–Crippen LogP) is 1.27. The summed E-state index contributed by atoms with van der Waals surface area (Å²) >= 11 is 10.5. The summed E-state index contributed by atoms with van der Waals surface area (Å²) in [6.07, 6.45) is 1.05. The number of sulfone groups is 2. The zero-order chi connectivity index (χ0) is 18.2. The molecule has 2 heterocycles. The average Bonchev–Trinajstić information content (AvgIpc) is 2.82. The molecule has 2 aliphatic rings. The third-order valence-electron chi connectivity index (χ3n) is 4.01. The van der Waals surface area contributed by atoms with Crippen molar-refractivity contribution in [2.75, 3.05) is 23.0 Å². The van der Waals surface area contributed by atoms with E-state index in [0.717, 1.165) is 0 Å². The molecule has 2 saturated heterocycles. The molecule has 2 N–H and O–H groups in total. The summed E-state index contributed by atoms with van der Waals surface area (Å²) in [6.45, 7) is 3.69. The van der Waals surface area contributed by atoms with Gasteiger partial charge in [-0.2, -0.15) is 0 Å². The molecule has 2 fully saturated rings. The summed E-state index contributed by atoms with van der Waals surface area (Å²) in [5, 5.41) is 6.19. The standard InChI is InChI=1S/C12H20N2O4S6/c1-11(3-5-23(15,16)7-11)13-9(19)21-22-10(20)14-12(2)4-6-24(17,18)8-12/h3-8H2,1-2H3,(H,13,19)(H,14,20)/t11-,12-/m0/s1. The van der Waals surface area contributed by atoms with Gasteiger partial charge in [-0.25, -0.2) is 16.8 Å². The minimum atomic E-state index is -3.00. The molecule has 138 valence electrons. The third kappa shape index (κ3) is 5.97. The lowest BCUT2D eigenvalue weighted by Crippen LogP contribution is -2.46. The first-order valence-corrected chi connectivity index (χ1v) is 13.8. The highest BCUT2D eigenvalue weighted by Crippen LogP contribution is 2.30. The smallest absolute Gasteiger partial charge is 0.152 e. The van der Waals surface area contributed by atoms with Crippen molar-refractivity contribution in [1.82, 2.24) is 10.6 Å². The Morgan fingerprint density at radius 1 is 0.833 bits per heavy atom. The van der Waals surface area contributed by atoms with E-state index in [-0.39, 0.29) is 23.0 Å². The maximum Gasteiger partial charge on any atom is 0.152 e. The topological polar surface area (TPSA) is 92.3 Å². The molecule has 2 atom stereocenters. The Bertz CT molecular complexity index is 686. The molecule has 2 aliphatic heterocycles. The van der Waals surface area contributed by atoms with Gasteiger partial charge in [-0.1, -0.05) is 24.4 Å². The first-order chi connectivity index (χ1) is 10.8. The van der Waals surface area contributed by atoms with Crippen molar-refractivity contribution in [3.05, 3.63) is 0 Å². The molecule has 0 aliphatic carbocycles. The highest BCUT2D eigenvalue weighted by Gasteiger charge is 2.40. The minimum absolute atomic E-state index is 0.0734. The van der Waals surface area contributed by atoms with E-state index < -0.39 is 30.8 Å². The lowest BCUT2D eigenvalue weighted by molar-refractivity contribution is 0.477. The Morgan fingerprint density at radius 3 is 1.42 bits per heavy atom. The number of hydrogen-bond donors (Lipinski definition) is 2. The zero-order valence-electron chi connectivity index (χ0n) is 13.3. The summed E-state index contributed by atoms with van der Waals surface area (Å²) < 4.78 is 47.3. The van der Waals surface area contributed by atoms with Crippen molar-refractivity contribution >= 4 is 74.3 Å². The second-order valence-corrected chi connectivity index (χ2v) is 14.6. The number of thiocarbonyl (C=S) groups is 2. The van der Waals surface area contributed by atoms with Crippen molar-refractivity contribution in [3.63, 3.8) is 0 Å². The van der Waals surface area contributed by atoms with Gasteiger partial charge in [0.15, 0.2) is 19.7 Å². The van der Waals surface area contributed by atoms with Gasteiger partial charge >= 0.3 is 0 Å². The van der Waals surface area contributed by atoms with Crippen molar-refractivity contribution in [1.29, 1.82) is 0 Å². The lowest BCUT2D eigenvalue weighted by Gasteiger charge is -2.26. The summed E-state index contributed by atoms with van der Waals surface area (Å²) in [7, 11) is -3.52. The lowest BCUT2D eigenvalue weighted by atomic mass is 10.0. The maximum absolute atomic E-state index is 11.6. The second kappa shape index (κ2) is 7.18. The molecule has 0 bridgehead atoms. The van der Waals surface area contributed by atoms with E-state index in [9.17, 15) is 16.8 Å². The Hall–Kier alpha value is 0.380. The third-order valence-corrected chi connectivity index (χ3v) is 11.0. The van der Waals surface area contributed by atoms with Crippen LogP contribution < -0.4 is 10.6 Å². The van der Waals surface area contributed by atoms with E-state index in [1.54, 1.807) is 0 Å². The number of nitrogens with one attached hydrogen (secondary N) is 2. The van der Waals surface area contributed by atoms with Crippen molar-refractivity contribution in [2.45, 2.75) is 37.8 Å². The van der Waals surface area contributed by atoms with Crippen molar-refractivity contribution < 1.29 is 16.8 Å². The molecule has 0 spiro atoms. The Kier molecular flexibility index (Phi) is 6.19. The van der Waals surface area contributed by atoms with Gasteiger partial charge in [-0.05, 0) is 48.3 Å². The zero-order valence-corrected chi connectivity index (χ0v) is 18.2. The molecule has 0 saturated carbocycles. The van der Waals surface area contributed by atoms with Gasteiger partial charge in [-0.3, -0.25) is 0 Å². The summed E-state index contributed by atoms with van der Waals surface area (Å²) in [4.78, 5) is 0. The molecule has 0 aromatic carbocycles. The van der Waals surface area contributed by atoms with E-state index in [0.29, 0.717) is 21.5 Å². The summed E-state index contributed by atoms with van der Waals surface area (Å²) in [5.41, 5.74) is -1.08. The average molecular weight is 449 g/mol. The number of hydrogen-bond acceptors (Lipinski definition) is 8. The van der Waals surface area contributed by atoms with E-state index in [1.165, 1.54) is 21.6 Å².